The third-order valence-corrected chi connectivity index (χ3v) is 3.23. The van der Waals surface area contributed by atoms with E-state index in [1.807, 2.05) is 0 Å². The molecule has 10 nitrogen and oxygen atoms in total. The smallest absolute Gasteiger partial charge is 0.167 e. The first-order valence-electron chi connectivity index (χ1n) is 5.98. The fraction of sp³-hybridized carbons (Fsp3) is 0.500. The molecule has 2 aromatic rings. The molecule has 3 atom stereocenters. The Hall–Kier alpha value is -2.42. The first-order valence-corrected chi connectivity index (χ1v) is 5.98. The Balaban J connectivity index is 1.89. The normalized spacial score (nSPS) is 25.8. The van der Waals surface area contributed by atoms with E-state index in [-0.39, 0.29) is 12.4 Å². The predicted molar refractivity (Wildman–Crippen MR) is 68.3 cm³/mol. The van der Waals surface area contributed by atoms with Gasteiger partial charge < -0.3 is 15.6 Å². The maximum absolute atomic E-state index is 9.91. The maximum Gasteiger partial charge on any atom is 0.167 e. The summed E-state index contributed by atoms with van der Waals surface area (Å²) in [7, 11) is 0. The van der Waals surface area contributed by atoms with Crippen molar-refractivity contribution in [2.45, 2.75) is 24.9 Å². The van der Waals surface area contributed by atoms with Gasteiger partial charge in [0.25, 0.3) is 0 Å². The van der Waals surface area contributed by atoms with Crippen LogP contribution in [-0.4, -0.2) is 43.4 Å². The number of anilines is 1. The molecule has 0 aromatic carbocycles. The highest BCUT2D eigenvalue weighted by atomic mass is 16.5. The van der Waals surface area contributed by atoms with Crippen LogP contribution in [-0.2, 0) is 4.74 Å². The second kappa shape index (κ2) is 4.93. The quantitative estimate of drug-likeness (QED) is 0.470. The molecule has 1 aliphatic heterocycles. The lowest BCUT2D eigenvalue weighted by Gasteiger charge is -2.13. The third kappa shape index (κ3) is 2.01. The Morgan fingerprint density at radius 3 is 3.20 bits per heavy atom. The van der Waals surface area contributed by atoms with Crippen molar-refractivity contribution in [3.63, 3.8) is 0 Å². The van der Waals surface area contributed by atoms with Crippen LogP contribution < -0.4 is 5.73 Å². The SMILES string of the molecule is [N-]=[N+]=NCC1OC(n2cnc3c(N)ncnc32)CC1O. The molecule has 20 heavy (non-hydrogen) atoms. The molecule has 0 spiro atoms. The average molecular weight is 276 g/mol. The van der Waals surface area contributed by atoms with Gasteiger partial charge in [0.1, 0.15) is 18.1 Å². The summed E-state index contributed by atoms with van der Waals surface area (Å²) in [6.07, 6.45) is 1.58. The number of imidazole rings is 1. The molecule has 0 radical (unpaired) electrons. The van der Waals surface area contributed by atoms with E-state index in [0.29, 0.717) is 17.6 Å². The van der Waals surface area contributed by atoms with Gasteiger partial charge in [0.15, 0.2) is 11.5 Å². The van der Waals surface area contributed by atoms with Gasteiger partial charge in [0, 0.05) is 11.3 Å². The fourth-order valence-corrected chi connectivity index (χ4v) is 2.25. The summed E-state index contributed by atoms with van der Waals surface area (Å²) >= 11 is 0. The molecule has 0 bridgehead atoms. The van der Waals surface area contributed by atoms with Gasteiger partial charge >= 0.3 is 0 Å². The summed E-state index contributed by atoms with van der Waals surface area (Å²) in [6, 6.07) is 0. The van der Waals surface area contributed by atoms with Crippen LogP contribution in [0.15, 0.2) is 17.8 Å². The standard InChI is InChI=1S/C10H12N8O2/c11-9-8-10(14-3-13-9)18(4-15-8)7-1-5(19)6(20-7)2-16-17-12/h3-7,19H,1-2H2,(H2,11,13,14). The molecule has 0 aliphatic carbocycles. The Morgan fingerprint density at radius 2 is 2.40 bits per heavy atom. The van der Waals surface area contributed by atoms with Crippen molar-refractivity contribution in [3.05, 3.63) is 23.1 Å². The molecule has 2 aromatic heterocycles. The van der Waals surface area contributed by atoms with E-state index in [0.717, 1.165) is 0 Å². The molecule has 1 fully saturated rings. The average Bonchev–Trinajstić information content (AvgIpc) is 3.01. The van der Waals surface area contributed by atoms with E-state index in [1.54, 1.807) is 10.9 Å². The lowest BCUT2D eigenvalue weighted by atomic mass is 10.2. The van der Waals surface area contributed by atoms with Crippen molar-refractivity contribution in [1.82, 2.24) is 19.5 Å². The van der Waals surface area contributed by atoms with Gasteiger partial charge in [-0.3, -0.25) is 4.57 Å². The lowest BCUT2D eigenvalue weighted by Crippen LogP contribution is -2.23. The van der Waals surface area contributed by atoms with E-state index in [2.05, 4.69) is 25.0 Å². The summed E-state index contributed by atoms with van der Waals surface area (Å²) in [4.78, 5) is 14.8. The van der Waals surface area contributed by atoms with E-state index in [4.69, 9.17) is 16.0 Å². The van der Waals surface area contributed by atoms with Crippen LogP contribution in [0.3, 0.4) is 0 Å². The first-order chi connectivity index (χ1) is 9.70. The second-order valence-electron chi connectivity index (χ2n) is 4.43. The molecule has 104 valence electrons. The summed E-state index contributed by atoms with van der Waals surface area (Å²) in [6.45, 7) is 0.0813. The molecule has 1 saturated heterocycles. The van der Waals surface area contributed by atoms with Gasteiger partial charge in [-0.1, -0.05) is 5.11 Å². The van der Waals surface area contributed by atoms with Gasteiger partial charge in [0.05, 0.1) is 25.1 Å². The zero-order chi connectivity index (χ0) is 14.1. The van der Waals surface area contributed by atoms with Gasteiger partial charge in [-0.2, -0.15) is 0 Å². The van der Waals surface area contributed by atoms with Crippen LogP contribution >= 0.6 is 0 Å². The highest BCUT2D eigenvalue weighted by molar-refractivity contribution is 5.81. The predicted octanol–water partition coefficient (Wildman–Crippen LogP) is 0.367. The molecule has 1 aliphatic rings. The Bertz CT molecular complexity index is 679. The molecule has 10 heteroatoms. The number of nitrogens with zero attached hydrogens (tertiary/aromatic N) is 7. The van der Waals surface area contributed by atoms with E-state index in [1.165, 1.54) is 6.33 Å². The largest absolute Gasteiger partial charge is 0.390 e. The van der Waals surface area contributed by atoms with Crippen LogP contribution in [0.25, 0.3) is 21.6 Å². The van der Waals surface area contributed by atoms with Crippen LogP contribution in [0.1, 0.15) is 12.6 Å². The number of ether oxygens (including phenoxy) is 1. The van der Waals surface area contributed by atoms with Crippen molar-refractivity contribution in [1.29, 1.82) is 0 Å². The Labute approximate surface area is 112 Å². The molecule has 0 amide bonds. The molecular weight excluding hydrogens is 264 g/mol. The number of hydrogen-bond donors (Lipinski definition) is 2. The number of aliphatic hydroxyl groups is 1. The number of azide groups is 1. The number of rotatable bonds is 3. The van der Waals surface area contributed by atoms with Crippen LogP contribution in [0.5, 0.6) is 0 Å². The first kappa shape index (κ1) is 12.6. The Morgan fingerprint density at radius 1 is 1.55 bits per heavy atom. The third-order valence-electron chi connectivity index (χ3n) is 3.23. The van der Waals surface area contributed by atoms with Gasteiger partial charge in [-0.25, -0.2) is 15.0 Å². The molecule has 0 saturated carbocycles. The minimum Gasteiger partial charge on any atom is -0.390 e. The molecule has 3 heterocycles. The number of fused-ring (bicyclic) bond motifs is 1. The minimum atomic E-state index is -0.706. The van der Waals surface area contributed by atoms with Gasteiger partial charge in [0.2, 0.25) is 0 Å². The monoisotopic (exact) mass is 276 g/mol. The molecule has 3 rings (SSSR count). The van der Waals surface area contributed by atoms with Crippen LogP contribution in [0.4, 0.5) is 5.82 Å². The van der Waals surface area contributed by atoms with Gasteiger partial charge in [-0.15, -0.1) is 0 Å². The van der Waals surface area contributed by atoms with Crippen LogP contribution in [0.2, 0.25) is 0 Å². The van der Waals surface area contributed by atoms with Crippen molar-refractivity contribution < 1.29 is 9.84 Å². The summed E-state index contributed by atoms with van der Waals surface area (Å²) in [5, 5.41) is 13.3. The van der Waals surface area contributed by atoms with Crippen molar-refractivity contribution in [2.24, 2.45) is 5.11 Å². The zero-order valence-electron chi connectivity index (χ0n) is 10.4. The number of nitrogen functional groups attached to an aromatic ring is 1. The van der Waals surface area contributed by atoms with E-state index < -0.39 is 18.4 Å². The highest BCUT2D eigenvalue weighted by Gasteiger charge is 2.35. The van der Waals surface area contributed by atoms with Gasteiger partial charge in [-0.05, 0) is 5.53 Å². The molecule has 3 N–H and O–H groups in total. The topological polar surface area (TPSA) is 148 Å². The van der Waals surface area contributed by atoms with Crippen molar-refractivity contribution in [2.75, 3.05) is 12.3 Å². The summed E-state index contributed by atoms with van der Waals surface area (Å²) < 4.78 is 7.36. The van der Waals surface area contributed by atoms with Crippen LogP contribution in [0, 0.1) is 0 Å². The number of aromatic nitrogens is 4. The fourth-order valence-electron chi connectivity index (χ4n) is 2.25. The van der Waals surface area contributed by atoms with E-state index >= 15 is 0 Å². The number of aliphatic hydroxyl groups excluding tert-OH is 1. The van der Waals surface area contributed by atoms with Crippen molar-refractivity contribution >= 4 is 17.0 Å². The highest BCUT2D eigenvalue weighted by Crippen LogP contribution is 2.31. The van der Waals surface area contributed by atoms with Crippen molar-refractivity contribution in [3.8, 4) is 0 Å². The zero-order valence-corrected chi connectivity index (χ0v) is 10.4. The summed E-state index contributed by atoms with van der Waals surface area (Å²) in [5.41, 5.74) is 15.1. The molecule has 3 unspecified atom stereocenters. The number of nitrogens with two attached hydrogens (primary N) is 1. The number of hydrogen-bond acceptors (Lipinski definition) is 7. The maximum atomic E-state index is 9.91. The lowest BCUT2D eigenvalue weighted by molar-refractivity contribution is -0.0114. The minimum absolute atomic E-state index is 0.0813. The summed E-state index contributed by atoms with van der Waals surface area (Å²) in [5.74, 6) is 0.290. The Kier molecular flexibility index (Phi) is 3.11. The second-order valence-corrected chi connectivity index (χ2v) is 4.43. The molecular formula is C10H12N8O2. The van der Waals surface area contributed by atoms with E-state index in [9.17, 15) is 5.11 Å².